The summed E-state index contributed by atoms with van der Waals surface area (Å²) in [5.41, 5.74) is 11.4. The Kier molecular flexibility index (Phi) is 13.0. The highest BCUT2D eigenvalue weighted by molar-refractivity contribution is 5.89. The van der Waals surface area contributed by atoms with Crippen molar-refractivity contribution in [1.29, 1.82) is 0 Å². The summed E-state index contributed by atoms with van der Waals surface area (Å²) in [7, 11) is 1.56. The molecule has 2 saturated heterocycles. The quantitative estimate of drug-likeness (QED) is 0.0668. The second kappa shape index (κ2) is 18.2. The average Bonchev–Trinajstić information content (AvgIpc) is 3.19. The van der Waals surface area contributed by atoms with Gasteiger partial charge in [0.2, 0.25) is 6.29 Å². The van der Waals surface area contributed by atoms with Gasteiger partial charge in [-0.25, -0.2) is 4.79 Å². The fraction of sp³-hybridized carbons (Fsp3) is 0.375. The van der Waals surface area contributed by atoms with Crippen molar-refractivity contribution in [2.45, 2.75) is 88.4 Å². The molecule has 13 nitrogen and oxygen atoms in total. The van der Waals surface area contributed by atoms with Gasteiger partial charge in [-0.1, -0.05) is 84.0 Å². The number of benzene rings is 4. The Bertz CT molecular complexity index is 1780. The average molecular weight is 726 g/mol. The van der Waals surface area contributed by atoms with Crippen LogP contribution in [-0.4, -0.2) is 79.5 Å². The number of carbonyl (C=O) groups is 1. The number of azide groups is 1. The van der Waals surface area contributed by atoms with Crippen LogP contribution in [0.3, 0.4) is 0 Å². The summed E-state index contributed by atoms with van der Waals surface area (Å²) < 4.78 is 49.8. The predicted molar refractivity (Wildman–Crippen MR) is 192 cm³/mol. The molecule has 4 aromatic carbocycles. The SMILES string of the molecule is COc1ccc(O[C@@H]2O[C@@H](C)[C@H](OCc3ccccc3)[C@@H](O[C@@H]3O[C@H](C)[C@@H](N=[N+]=[N-])[C@H](OCc4ccccc4)[C@H]3O)[C@H]2OC(=O)c2ccccc2)cc1. The van der Waals surface area contributed by atoms with E-state index in [0.717, 1.165) is 11.1 Å². The van der Waals surface area contributed by atoms with Gasteiger partial charge >= 0.3 is 5.97 Å². The molecular formula is C40H43N3O10. The van der Waals surface area contributed by atoms with Crippen LogP contribution in [-0.2, 0) is 41.6 Å². The van der Waals surface area contributed by atoms with Crippen molar-refractivity contribution >= 4 is 5.97 Å². The first kappa shape index (κ1) is 37.8. The van der Waals surface area contributed by atoms with Gasteiger partial charge in [-0.15, -0.1) is 0 Å². The molecule has 0 unspecified atom stereocenters. The zero-order chi connectivity index (χ0) is 37.2. The molecule has 2 heterocycles. The Morgan fingerprint density at radius 2 is 1.26 bits per heavy atom. The summed E-state index contributed by atoms with van der Waals surface area (Å²) in [6.45, 7) is 3.81. The van der Waals surface area contributed by atoms with Crippen molar-refractivity contribution in [3.8, 4) is 11.5 Å². The highest BCUT2D eigenvalue weighted by Crippen LogP contribution is 2.35. The highest BCUT2D eigenvalue weighted by atomic mass is 16.8. The van der Waals surface area contributed by atoms with Gasteiger partial charge < -0.3 is 43.0 Å². The number of nitrogens with zero attached hydrogens (tertiary/aromatic N) is 3. The lowest BCUT2D eigenvalue weighted by molar-refractivity contribution is -0.344. The molecule has 2 aliphatic heterocycles. The van der Waals surface area contributed by atoms with Crippen molar-refractivity contribution in [3.05, 3.63) is 142 Å². The molecular weight excluding hydrogens is 682 g/mol. The molecule has 53 heavy (non-hydrogen) atoms. The highest BCUT2D eigenvalue weighted by Gasteiger charge is 2.53. The summed E-state index contributed by atoms with van der Waals surface area (Å²) in [5.74, 6) is 0.386. The third-order valence-corrected chi connectivity index (χ3v) is 9.12. The fourth-order valence-electron chi connectivity index (χ4n) is 6.35. The summed E-state index contributed by atoms with van der Waals surface area (Å²) >= 11 is 0. The molecule has 4 aromatic rings. The van der Waals surface area contributed by atoms with Crippen LogP contribution >= 0.6 is 0 Å². The number of methoxy groups -OCH3 is 1. The van der Waals surface area contributed by atoms with Crippen LogP contribution < -0.4 is 9.47 Å². The Hall–Kier alpha value is -4.98. The molecule has 0 amide bonds. The molecule has 0 aliphatic carbocycles. The van der Waals surface area contributed by atoms with Gasteiger partial charge in [0.1, 0.15) is 29.8 Å². The minimum atomic E-state index is -1.44. The standard InChI is InChI=1S/C40H43N3O10/c1-25-32(42-43-41)35(48-24-28-15-9-5-10-16-28)33(44)39(49-25)53-36-34(47-23-27-13-7-4-8-14-27)26(2)50-40(51-31-21-19-30(46-3)20-22-31)37(36)52-38(45)29-17-11-6-12-18-29/h4-22,25-26,32-37,39-40,44H,23-24H2,1-3H3/t25-,26+,32-,33-,34+,35+,36-,37-,39+,40+/m1/s1. The maximum Gasteiger partial charge on any atom is 0.338 e. The van der Waals surface area contributed by atoms with E-state index in [1.165, 1.54) is 0 Å². The minimum Gasteiger partial charge on any atom is -0.497 e. The van der Waals surface area contributed by atoms with Crippen molar-refractivity contribution in [3.63, 3.8) is 0 Å². The van der Waals surface area contributed by atoms with Gasteiger partial charge in [0.15, 0.2) is 12.4 Å². The van der Waals surface area contributed by atoms with Gasteiger partial charge in [-0.2, -0.15) is 0 Å². The molecule has 1 N–H and O–H groups in total. The molecule has 0 saturated carbocycles. The topological polar surface area (TPSA) is 160 Å². The van der Waals surface area contributed by atoms with E-state index in [2.05, 4.69) is 10.0 Å². The number of esters is 1. The summed E-state index contributed by atoms with van der Waals surface area (Å²) in [6.07, 6.45) is -9.61. The van der Waals surface area contributed by atoms with Crippen LogP contribution in [0, 0.1) is 0 Å². The molecule has 2 aliphatic rings. The number of hydrogen-bond donors (Lipinski definition) is 1. The van der Waals surface area contributed by atoms with Gasteiger partial charge in [-0.3, -0.25) is 0 Å². The number of hydrogen-bond acceptors (Lipinski definition) is 11. The zero-order valence-electron chi connectivity index (χ0n) is 29.6. The van der Waals surface area contributed by atoms with Crippen molar-refractivity contribution in [1.82, 2.24) is 0 Å². The summed E-state index contributed by atoms with van der Waals surface area (Å²) in [4.78, 5) is 16.7. The van der Waals surface area contributed by atoms with Crippen LogP contribution in [0.5, 0.6) is 11.5 Å². The first-order valence-electron chi connectivity index (χ1n) is 17.4. The van der Waals surface area contributed by atoms with Crippen LogP contribution in [0.15, 0.2) is 120 Å². The lowest BCUT2D eigenvalue weighted by Gasteiger charge is -2.48. The van der Waals surface area contributed by atoms with Gasteiger partial charge in [-0.05, 0) is 66.9 Å². The van der Waals surface area contributed by atoms with Gasteiger partial charge in [0, 0.05) is 4.91 Å². The van der Waals surface area contributed by atoms with E-state index >= 15 is 0 Å². The number of carbonyl (C=O) groups excluding carboxylic acids is 1. The first-order valence-corrected chi connectivity index (χ1v) is 17.4. The Balaban J connectivity index is 1.34. The van der Waals surface area contributed by atoms with Gasteiger partial charge in [0.25, 0.3) is 0 Å². The zero-order valence-corrected chi connectivity index (χ0v) is 29.6. The van der Waals surface area contributed by atoms with Crippen molar-refractivity contribution < 1.29 is 47.8 Å². The van der Waals surface area contributed by atoms with E-state index in [9.17, 15) is 15.4 Å². The Morgan fingerprint density at radius 3 is 1.85 bits per heavy atom. The molecule has 2 fully saturated rings. The minimum absolute atomic E-state index is 0.131. The van der Waals surface area contributed by atoms with E-state index in [1.807, 2.05) is 60.7 Å². The largest absolute Gasteiger partial charge is 0.497 e. The maximum absolute atomic E-state index is 13.7. The van der Waals surface area contributed by atoms with Crippen LogP contribution in [0.25, 0.3) is 10.4 Å². The van der Waals surface area contributed by atoms with E-state index in [4.69, 9.17) is 37.9 Å². The molecule has 0 radical (unpaired) electrons. The monoisotopic (exact) mass is 725 g/mol. The van der Waals surface area contributed by atoms with Crippen LogP contribution in [0.4, 0.5) is 0 Å². The van der Waals surface area contributed by atoms with E-state index in [0.29, 0.717) is 17.1 Å². The van der Waals surface area contributed by atoms with Crippen molar-refractivity contribution in [2.75, 3.05) is 7.11 Å². The van der Waals surface area contributed by atoms with Crippen LogP contribution in [0.2, 0.25) is 0 Å². The molecule has 6 rings (SSSR count). The molecule has 0 aromatic heterocycles. The third-order valence-electron chi connectivity index (χ3n) is 9.12. The Morgan fingerprint density at radius 1 is 0.717 bits per heavy atom. The summed E-state index contributed by atoms with van der Waals surface area (Å²) in [5, 5.41) is 15.7. The van der Waals surface area contributed by atoms with Crippen LogP contribution in [0.1, 0.15) is 35.3 Å². The van der Waals surface area contributed by atoms with E-state index in [1.54, 1.807) is 75.6 Å². The van der Waals surface area contributed by atoms with E-state index in [-0.39, 0.29) is 13.2 Å². The normalized spacial score (nSPS) is 28.3. The van der Waals surface area contributed by atoms with Crippen molar-refractivity contribution in [2.24, 2.45) is 5.11 Å². The lowest BCUT2D eigenvalue weighted by Crippen LogP contribution is -2.65. The molecule has 278 valence electrons. The predicted octanol–water partition coefficient (Wildman–Crippen LogP) is 6.39. The first-order chi connectivity index (χ1) is 25.8. The lowest BCUT2D eigenvalue weighted by atomic mass is 9.95. The maximum atomic E-state index is 13.7. The molecule has 0 bridgehead atoms. The Labute approximate surface area is 307 Å². The number of aliphatic hydroxyl groups is 1. The number of aliphatic hydroxyl groups excluding tert-OH is 1. The van der Waals surface area contributed by atoms with E-state index < -0.39 is 67.3 Å². The van der Waals surface area contributed by atoms with Gasteiger partial charge in [0.05, 0.1) is 50.2 Å². The smallest absolute Gasteiger partial charge is 0.338 e. The molecule has 0 spiro atoms. The summed E-state index contributed by atoms with van der Waals surface area (Å²) in [6, 6.07) is 33.5. The second-order valence-corrected chi connectivity index (χ2v) is 12.8. The molecule has 10 atom stereocenters. The molecule has 13 heteroatoms. The third kappa shape index (κ3) is 9.53. The number of rotatable bonds is 14. The second-order valence-electron chi connectivity index (χ2n) is 12.8. The number of ether oxygens (including phenoxy) is 8. The fourth-order valence-corrected chi connectivity index (χ4v) is 6.35.